The van der Waals surface area contributed by atoms with Gasteiger partial charge in [0.15, 0.2) is 0 Å². The average molecular weight is 438 g/mol. The van der Waals surface area contributed by atoms with Gasteiger partial charge < -0.3 is 21.1 Å². The molecule has 0 fully saturated rings. The lowest BCUT2D eigenvalue weighted by molar-refractivity contribution is -0.137. The molecule has 3 rings (SSSR count). The fourth-order valence-electron chi connectivity index (χ4n) is 2.84. The molecule has 1 amide bonds. The molecule has 0 aliphatic carbocycles. The van der Waals surface area contributed by atoms with E-state index in [2.05, 4.69) is 15.3 Å². The van der Waals surface area contributed by atoms with Gasteiger partial charge in [0.2, 0.25) is 0 Å². The van der Waals surface area contributed by atoms with Gasteiger partial charge in [0.1, 0.15) is 10.7 Å². The molecule has 0 spiro atoms. The number of carbonyl (C=O) groups excluding carboxylic acids is 1. The first-order chi connectivity index (χ1) is 14.0. The van der Waals surface area contributed by atoms with Crippen molar-refractivity contribution in [3.05, 3.63) is 63.7 Å². The molecule has 30 heavy (non-hydrogen) atoms. The number of aliphatic hydroxyl groups is 1. The Kier molecular flexibility index (Phi) is 6.02. The second-order valence-corrected chi connectivity index (χ2v) is 8.31. The molecule has 2 aromatic heterocycles. The summed E-state index contributed by atoms with van der Waals surface area (Å²) in [5.41, 5.74) is 6.40. The predicted molar refractivity (Wildman–Crippen MR) is 108 cm³/mol. The van der Waals surface area contributed by atoms with Crippen molar-refractivity contribution in [2.45, 2.75) is 38.2 Å². The highest BCUT2D eigenvalue weighted by Gasteiger charge is 2.32. The summed E-state index contributed by atoms with van der Waals surface area (Å²) in [4.78, 5) is 20.0. The maximum Gasteiger partial charge on any atom is 0.416 e. The van der Waals surface area contributed by atoms with Crippen molar-refractivity contribution in [1.29, 1.82) is 0 Å². The molecule has 0 saturated carbocycles. The number of rotatable bonds is 6. The van der Waals surface area contributed by atoms with Gasteiger partial charge in [0.25, 0.3) is 5.91 Å². The molecule has 0 aliphatic rings. The van der Waals surface area contributed by atoms with Crippen molar-refractivity contribution >= 4 is 17.2 Å². The van der Waals surface area contributed by atoms with Crippen molar-refractivity contribution < 1.29 is 23.1 Å². The molecule has 5 N–H and O–H groups in total. The number of H-pyrrole nitrogens is 1. The number of carbonyl (C=O) groups is 1. The summed E-state index contributed by atoms with van der Waals surface area (Å²) < 4.78 is 38.2. The Bertz CT molecular complexity index is 1020. The third-order valence-corrected chi connectivity index (χ3v) is 5.41. The molecule has 0 saturated heterocycles. The molecule has 2 heterocycles. The number of amides is 1. The van der Waals surface area contributed by atoms with Gasteiger partial charge in [0.05, 0.1) is 23.9 Å². The van der Waals surface area contributed by atoms with E-state index in [-0.39, 0.29) is 12.3 Å². The number of hydrogen-bond acceptors (Lipinski definition) is 5. The molecule has 0 aliphatic heterocycles. The van der Waals surface area contributed by atoms with Crippen LogP contribution in [0.25, 0.3) is 11.3 Å². The Balaban J connectivity index is 1.79. The van der Waals surface area contributed by atoms with Gasteiger partial charge in [-0.1, -0.05) is 12.1 Å². The number of nitrogens with two attached hydrogens (primary N) is 1. The van der Waals surface area contributed by atoms with E-state index in [4.69, 9.17) is 5.73 Å². The number of aromatic amines is 1. The molecule has 160 valence electrons. The maximum atomic E-state index is 12.8. The second kappa shape index (κ2) is 8.21. The third kappa shape index (κ3) is 4.89. The van der Waals surface area contributed by atoms with Crippen LogP contribution < -0.4 is 11.1 Å². The van der Waals surface area contributed by atoms with E-state index in [1.807, 2.05) is 0 Å². The summed E-state index contributed by atoms with van der Waals surface area (Å²) in [5.74, 6) is -0.433. The first-order valence-corrected chi connectivity index (χ1v) is 9.88. The smallest absolute Gasteiger partial charge is 0.390 e. The standard InChI is InChI=1S/C20H21F3N4O2S/c1-19(2,24)16(18-25-13(9-28)10-30-18)27-17(29)15-8-7-14(26-15)11-3-5-12(6-4-11)20(21,22)23/h3-8,10,16,26,28H,9,24H2,1-2H3,(H,27,29)/t16-/m1/s1. The predicted octanol–water partition coefficient (Wildman–Crippen LogP) is 3.86. The summed E-state index contributed by atoms with van der Waals surface area (Å²) in [6, 6.07) is 7.22. The first-order valence-electron chi connectivity index (χ1n) is 9.00. The van der Waals surface area contributed by atoms with Gasteiger partial charge in [-0.25, -0.2) is 4.98 Å². The zero-order valence-corrected chi connectivity index (χ0v) is 17.1. The van der Waals surface area contributed by atoms with Crippen molar-refractivity contribution in [2.24, 2.45) is 5.73 Å². The molecule has 1 atom stereocenters. The van der Waals surface area contributed by atoms with Gasteiger partial charge in [-0.15, -0.1) is 11.3 Å². The summed E-state index contributed by atoms with van der Waals surface area (Å²) in [6.07, 6.45) is -4.41. The summed E-state index contributed by atoms with van der Waals surface area (Å²) in [5, 5.41) is 14.3. The van der Waals surface area contributed by atoms with Crippen LogP contribution in [0.15, 0.2) is 41.8 Å². The number of aliphatic hydroxyl groups excluding tert-OH is 1. The van der Waals surface area contributed by atoms with Crippen molar-refractivity contribution in [3.8, 4) is 11.3 Å². The maximum absolute atomic E-state index is 12.8. The molecule has 10 heteroatoms. The Hall–Kier alpha value is -2.69. The molecular formula is C20H21F3N4O2S. The van der Waals surface area contributed by atoms with Crippen LogP contribution in [-0.4, -0.2) is 26.5 Å². The molecule has 0 radical (unpaired) electrons. The van der Waals surface area contributed by atoms with Crippen LogP contribution in [0.5, 0.6) is 0 Å². The van der Waals surface area contributed by atoms with Crippen LogP contribution >= 0.6 is 11.3 Å². The first kappa shape index (κ1) is 22.0. The minimum atomic E-state index is -4.41. The molecular weight excluding hydrogens is 417 g/mol. The lowest BCUT2D eigenvalue weighted by atomic mass is 9.96. The van der Waals surface area contributed by atoms with Crippen molar-refractivity contribution in [1.82, 2.24) is 15.3 Å². The zero-order chi connectivity index (χ0) is 22.1. The highest BCUT2D eigenvalue weighted by Crippen LogP contribution is 2.31. The van der Waals surface area contributed by atoms with E-state index in [0.717, 1.165) is 12.1 Å². The van der Waals surface area contributed by atoms with E-state index in [9.17, 15) is 23.1 Å². The minimum Gasteiger partial charge on any atom is -0.390 e. The monoisotopic (exact) mass is 438 g/mol. The number of nitrogens with zero attached hydrogens (tertiary/aromatic N) is 1. The van der Waals surface area contributed by atoms with Crippen LogP contribution in [0.2, 0.25) is 0 Å². The lowest BCUT2D eigenvalue weighted by Crippen LogP contribution is -2.48. The fourth-order valence-corrected chi connectivity index (χ4v) is 3.89. The molecule has 0 bridgehead atoms. The lowest BCUT2D eigenvalue weighted by Gasteiger charge is -2.29. The Morgan fingerprint density at radius 1 is 1.23 bits per heavy atom. The third-order valence-electron chi connectivity index (χ3n) is 4.45. The Morgan fingerprint density at radius 3 is 2.43 bits per heavy atom. The Morgan fingerprint density at radius 2 is 1.90 bits per heavy atom. The summed E-state index contributed by atoms with van der Waals surface area (Å²) >= 11 is 1.28. The van der Waals surface area contributed by atoms with Gasteiger partial charge in [-0.2, -0.15) is 13.2 Å². The van der Waals surface area contributed by atoms with Crippen LogP contribution in [-0.2, 0) is 12.8 Å². The number of aromatic nitrogens is 2. The van der Waals surface area contributed by atoms with Crippen LogP contribution in [0.3, 0.4) is 0 Å². The number of hydrogen-bond donors (Lipinski definition) is 4. The largest absolute Gasteiger partial charge is 0.416 e. The second-order valence-electron chi connectivity index (χ2n) is 7.42. The quantitative estimate of drug-likeness (QED) is 0.469. The molecule has 1 aromatic carbocycles. The van der Waals surface area contributed by atoms with Crippen LogP contribution in [0, 0.1) is 0 Å². The van der Waals surface area contributed by atoms with E-state index in [0.29, 0.717) is 22.0 Å². The number of nitrogens with one attached hydrogen (secondary N) is 2. The Labute approximate surface area is 175 Å². The number of benzene rings is 1. The summed E-state index contributed by atoms with van der Waals surface area (Å²) in [7, 11) is 0. The number of alkyl halides is 3. The molecule has 0 unspecified atom stereocenters. The number of halogens is 3. The fraction of sp³-hybridized carbons (Fsp3) is 0.300. The van der Waals surface area contributed by atoms with E-state index < -0.39 is 29.2 Å². The number of thiazole rings is 1. The van der Waals surface area contributed by atoms with E-state index >= 15 is 0 Å². The minimum absolute atomic E-state index is 0.213. The van der Waals surface area contributed by atoms with Crippen LogP contribution in [0.1, 0.15) is 46.6 Å². The normalized spacial score (nSPS) is 13.3. The summed E-state index contributed by atoms with van der Waals surface area (Å²) in [6.45, 7) is 3.29. The average Bonchev–Trinajstić information content (AvgIpc) is 3.34. The van der Waals surface area contributed by atoms with Gasteiger partial charge >= 0.3 is 6.18 Å². The molecule has 6 nitrogen and oxygen atoms in total. The van der Waals surface area contributed by atoms with Crippen molar-refractivity contribution in [3.63, 3.8) is 0 Å². The van der Waals surface area contributed by atoms with Gasteiger partial charge in [-0.05, 0) is 43.7 Å². The van der Waals surface area contributed by atoms with E-state index in [1.165, 1.54) is 23.5 Å². The van der Waals surface area contributed by atoms with E-state index in [1.54, 1.807) is 31.4 Å². The van der Waals surface area contributed by atoms with Gasteiger partial charge in [-0.3, -0.25) is 4.79 Å². The SMILES string of the molecule is CC(C)(N)[C@H](NC(=O)c1ccc(-c2ccc(C(F)(F)F)cc2)[nH]1)c1nc(CO)cs1. The van der Waals surface area contributed by atoms with Gasteiger partial charge in [0, 0.05) is 16.6 Å². The zero-order valence-electron chi connectivity index (χ0n) is 16.2. The molecule has 3 aromatic rings. The van der Waals surface area contributed by atoms with Crippen LogP contribution in [0.4, 0.5) is 13.2 Å². The topological polar surface area (TPSA) is 104 Å². The van der Waals surface area contributed by atoms with Crippen molar-refractivity contribution in [2.75, 3.05) is 0 Å². The highest BCUT2D eigenvalue weighted by molar-refractivity contribution is 7.09. The highest BCUT2D eigenvalue weighted by atomic mass is 32.1.